The van der Waals surface area contributed by atoms with E-state index in [0.717, 1.165) is 0 Å². The van der Waals surface area contributed by atoms with Gasteiger partial charge in [0.2, 0.25) is 11.8 Å². The zero-order valence-corrected chi connectivity index (χ0v) is 16.0. The first kappa shape index (κ1) is 19.9. The number of nitrogens with zero attached hydrogens (tertiary/aromatic N) is 1. The van der Waals surface area contributed by atoms with E-state index in [2.05, 4.69) is 5.32 Å². The number of halogens is 2. The highest BCUT2D eigenvalue weighted by atomic mass is 35.5. The Balaban J connectivity index is 2.18. The number of hydrogen-bond acceptors (Lipinski definition) is 4. The van der Waals surface area contributed by atoms with Gasteiger partial charge in [-0.05, 0) is 30.3 Å². The van der Waals surface area contributed by atoms with Gasteiger partial charge in [0.1, 0.15) is 6.54 Å². The molecule has 0 unspecified atom stereocenters. The van der Waals surface area contributed by atoms with Crippen LogP contribution >= 0.6 is 23.2 Å². The minimum Gasteiger partial charge on any atom is -0.493 e. The Kier molecular flexibility index (Phi) is 6.71. The van der Waals surface area contributed by atoms with Gasteiger partial charge in [-0.1, -0.05) is 23.2 Å². The number of rotatable bonds is 6. The molecule has 0 bridgehead atoms. The average Bonchev–Trinajstić information content (AvgIpc) is 2.62. The van der Waals surface area contributed by atoms with Gasteiger partial charge in [-0.3, -0.25) is 9.59 Å². The lowest BCUT2D eigenvalue weighted by Crippen LogP contribution is -2.36. The molecule has 138 valence electrons. The topological polar surface area (TPSA) is 67.9 Å². The summed E-state index contributed by atoms with van der Waals surface area (Å²) in [5.74, 6) is 0.316. The Morgan fingerprint density at radius 2 is 1.69 bits per heavy atom. The van der Waals surface area contributed by atoms with E-state index in [4.69, 9.17) is 32.7 Å². The van der Waals surface area contributed by atoms with Gasteiger partial charge in [0.05, 0.1) is 24.3 Å². The maximum Gasteiger partial charge on any atom is 0.244 e. The molecule has 8 heteroatoms. The molecule has 0 saturated carbocycles. The van der Waals surface area contributed by atoms with E-state index in [1.54, 1.807) is 30.3 Å². The Morgan fingerprint density at radius 3 is 2.27 bits per heavy atom. The van der Waals surface area contributed by atoms with Crippen molar-refractivity contribution in [1.82, 2.24) is 0 Å². The van der Waals surface area contributed by atoms with Crippen LogP contribution in [0.15, 0.2) is 36.4 Å². The molecule has 0 spiro atoms. The molecule has 26 heavy (non-hydrogen) atoms. The summed E-state index contributed by atoms with van der Waals surface area (Å²) >= 11 is 11.8. The molecule has 2 aromatic rings. The first-order valence-corrected chi connectivity index (χ1v) is 8.36. The minimum atomic E-state index is -0.381. The maximum absolute atomic E-state index is 12.3. The summed E-state index contributed by atoms with van der Waals surface area (Å²) in [6.45, 7) is 1.20. The van der Waals surface area contributed by atoms with Crippen LogP contribution in [0.4, 0.5) is 11.4 Å². The van der Waals surface area contributed by atoms with Crippen LogP contribution in [0.2, 0.25) is 10.0 Å². The molecule has 0 aliphatic heterocycles. The SMILES string of the molecule is COc1ccc(N(CC(=O)Nc2ccc(Cl)c(Cl)c2)C(C)=O)cc1OC. The molecule has 2 rings (SSSR count). The smallest absolute Gasteiger partial charge is 0.244 e. The van der Waals surface area contributed by atoms with E-state index >= 15 is 0 Å². The number of carbonyl (C=O) groups is 2. The molecule has 1 N–H and O–H groups in total. The van der Waals surface area contributed by atoms with Crippen LogP contribution in [-0.2, 0) is 9.59 Å². The first-order valence-electron chi connectivity index (χ1n) is 7.60. The van der Waals surface area contributed by atoms with Crippen molar-refractivity contribution in [3.8, 4) is 11.5 Å². The fraction of sp³-hybridized carbons (Fsp3) is 0.222. The summed E-state index contributed by atoms with van der Waals surface area (Å²) in [5, 5.41) is 3.40. The molecule has 6 nitrogen and oxygen atoms in total. The zero-order chi connectivity index (χ0) is 19.3. The number of nitrogens with one attached hydrogen (secondary N) is 1. The summed E-state index contributed by atoms with van der Waals surface area (Å²) in [5.41, 5.74) is 1.000. The van der Waals surface area contributed by atoms with Gasteiger partial charge >= 0.3 is 0 Å². The Bertz CT molecular complexity index is 827. The van der Waals surface area contributed by atoms with Crippen molar-refractivity contribution in [2.24, 2.45) is 0 Å². The summed E-state index contributed by atoms with van der Waals surface area (Å²) in [6.07, 6.45) is 0. The van der Waals surface area contributed by atoms with E-state index in [-0.39, 0.29) is 18.4 Å². The van der Waals surface area contributed by atoms with Crippen LogP contribution in [0, 0.1) is 0 Å². The van der Waals surface area contributed by atoms with Crippen LogP contribution in [0.3, 0.4) is 0 Å². The number of ether oxygens (including phenoxy) is 2. The molecular weight excluding hydrogens is 379 g/mol. The maximum atomic E-state index is 12.3. The van der Waals surface area contributed by atoms with Gasteiger partial charge in [-0.15, -0.1) is 0 Å². The van der Waals surface area contributed by atoms with Crippen LogP contribution in [0.25, 0.3) is 0 Å². The highest BCUT2D eigenvalue weighted by molar-refractivity contribution is 6.42. The monoisotopic (exact) mass is 396 g/mol. The highest BCUT2D eigenvalue weighted by Gasteiger charge is 2.18. The van der Waals surface area contributed by atoms with Crippen molar-refractivity contribution in [3.05, 3.63) is 46.4 Å². The quantitative estimate of drug-likeness (QED) is 0.800. The zero-order valence-electron chi connectivity index (χ0n) is 14.5. The largest absolute Gasteiger partial charge is 0.493 e. The Hall–Kier alpha value is -2.44. The lowest BCUT2D eigenvalue weighted by atomic mass is 10.2. The fourth-order valence-electron chi connectivity index (χ4n) is 2.30. The number of methoxy groups -OCH3 is 2. The fourth-order valence-corrected chi connectivity index (χ4v) is 2.59. The molecule has 0 saturated heterocycles. The van der Waals surface area contributed by atoms with E-state index in [1.165, 1.54) is 32.1 Å². The summed E-state index contributed by atoms with van der Waals surface area (Å²) in [6, 6.07) is 9.72. The van der Waals surface area contributed by atoms with Gasteiger partial charge in [0.15, 0.2) is 11.5 Å². The Labute approximate surface area is 161 Å². The summed E-state index contributed by atoms with van der Waals surface area (Å²) in [4.78, 5) is 25.7. The third-order valence-electron chi connectivity index (χ3n) is 3.56. The molecule has 0 radical (unpaired) electrons. The second-order valence-electron chi connectivity index (χ2n) is 5.32. The van der Waals surface area contributed by atoms with Gasteiger partial charge in [-0.2, -0.15) is 0 Å². The van der Waals surface area contributed by atoms with Crippen LogP contribution < -0.4 is 19.7 Å². The molecule has 0 heterocycles. The van der Waals surface area contributed by atoms with Crippen LogP contribution in [-0.4, -0.2) is 32.6 Å². The molecule has 2 amide bonds. The molecule has 0 aromatic heterocycles. The molecule has 0 aliphatic carbocycles. The van der Waals surface area contributed by atoms with E-state index in [9.17, 15) is 9.59 Å². The standard InChI is InChI=1S/C18H18Cl2N2O4/c1-11(23)22(13-5-7-16(25-2)17(9-13)26-3)10-18(24)21-12-4-6-14(19)15(20)8-12/h4-9H,10H2,1-3H3,(H,21,24). The lowest BCUT2D eigenvalue weighted by Gasteiger charge is -2.22. The van der Waals surface area contributed by atoms with E-state index in [0.29, 0.717) is 32.9 Å². The van der Waals surface area contributed by atoms with Crippen LogP contribution in [0.5, 0.6) is 11.5 Å². The van der Waals surface area contributed by atoms with Crippen LogP contribution in [0.1, 0.15) is 6.92 Å². The van der Waals surface area contributed by atoms with Crippen molar-refractivity contribution in [3.63, 3.8) is 0 Å². The van der Waals surface area contributed by atoms with Crippen molar-refractivity contribution in [1.29, 1.82) is 0 Å². The highest BCUT2D eigenvalue weighted by Crippen LogP contribution is 2.31. The predicted molar refractivity (Wildman–Crippen MR) is 103 cm³/mol. The average molecular weight is 397 g/mol. The minimum absolute atomic E-state index is 0.176. The molecule has 0 atom stereocenters. The number of amides is 2. The summed E-state index contributed by atoms with van der Waals surface area (Å²) in [7, 11) is 3.02. The van der Waals surface area contributed by atoms with Gasteiger partial charge < -0.3 is 19.7 Å². The number of anilines is 2. The van der Waals surface area contributed by atoms with Gasteiger partial charge in [0, 0.05) is 24.4 Å². The Morgan fingerprint density at radius 1 is 1.00 bits per heavy atom. The van der Waals surface area contributed by atoms with Gasteiger partial charge in [0.25, 0.3) is 0 Å². The van der Waals surface area contributed by atoms with Crippen molar-refractivity contribution in [2.75, 3.05) is 31.0 Å². The number of benzene rings is 2. The number of carbonyl (C=O) groups excluding carboxylic acids is 2. The van der Waals surface area contributed by atoms with Crippen molar-refractivity contribution >= 4 is 46.4 Å². The molecular formula is C18H18Cl2N2O4. The molecule has 0 aliphatic rings. The molecule has 0 fully saturated rings. The van der Waals surface area contributed by atoms with E-state index in [1.807, 2.05) is 0 Å². The second kappa shape index (κ2) is 8.78. The first-order chi connectivity index (χ1) is 12.3. The van der Waals surface area contributed by atoms with Gasteiger partial charge in [-0.25, -0.2) is 0 Å². The van der Waals surface area contributed by atoms with Crippen molar-refractivity contribution < 1.29 is 19.1 Å². The third-order valence-corrected chi connectivity index (χ3v) is 4.30. The third kappa shape index (κ3) is 4.80. The number of hydrogen-bond donors (Lipinski definition) is 1. The normalized spacial score (nSPS) is 10.2. The summed E-state index contributed by atoms with van der Waals surface area (Å²) < 4.78 is 10.4. The second-order valence-corrected chi connectivity index (χ2v) is 6.14. The predicted octanol–water partition coefficient (Wildman–Crippen LogP) is 4.00. The van der Waals surface area contributed by atoms with E-state index < -0.39 is 0 Å². The lowest BCUT2D eigenvalue weighted by molar-refractivity contribution is -0.120. The van der Waals surface area contributed by atoms with Crippen molar-refractivity contribution in [2.45, 2.75) is 6.92 Å². The molecule has 2 aromatic carbocycles.